The molecule has 0 radical (unpaired) electrons. The first-order valence-corrected chi connectivity index (χ1v) is 12.6. The van der Waals surface area contributed by atoms with E-state index in [4.69, 9.17) is 4.98 Å². The smallest absolute Gasteiger partial charge is 0.245 e. The maximum absolute atomic E-state index is 13.5. The number of amides is 1. The van der Waals surface area contributed by atoms with Crippen molar-refractivity contribution in [2.45, 2.75) is 71.9 Å². The molecule has 5 rings (SSSR count). The topological polar surface area (TPSA) is 102 Å². The number of fused-ring (bicyclic) bond motifs is 2. The van der Waals surface area contributed by atoms with Gasteiger partial charge in [-0.3, -0.25) is 4.79 Å². The second-order valence-electron chi connectivity index (χ2n) is 9.58. The molecule has 0 spiro atoms. The van der Waals surface area contributed by atoms with Gasteiger partial charge in [0, 0.05) is 32.0 Å². The number of likely N-dealkylation sites (tertiary alicyclic amines) is 1. The van der Waals surface area contributed by atoms with Crippen LogP contribution in [0.25, 0.3) is 22.6 Å². The van der Waals surface area contributed by atoms with Gasteiger partial charge in [-0.15, -0.1) is 0 Å². The van der Waals surface area contributed by atoms with Crippen LogP contribution < -0.4 is 5.32 Å². The van der Waals surface area contributed by atoms with E-state index in [1.807, 2.05) is 18.4 Å². The zero-order valence-corrected chi connectivity index (χ0v) is 20.4. The average molecular weight is 463 g/mol. The Hall–Kier alpha value is -3.10. The number of hydrogen-bond acceptors (Lipinski definition) is 7. The van der Waals surface area contributed by atoms with Gasteiger partial charge in [-0.05, 0) is 44.9 Å². The number of imidazole rings is 1. The lowest BCUT2D eigenvalue weighted by atomic mass is 9.75. The minimum atomic E-state index is -0.337. The van der Waals surface area contributed by atoms with Gasteiger partial charge >= 0.3 is 0 Å². The highest BCUT2D eigenvalue weighted by molar-refractivity contribution is 5.90. The van der Waals surface area contributed by atoms with Crippen LogP contribution in [0.3, 0.4) is 0 Å². The van der Waals surface area contributed by atoms with Crippen LogP contribution in [-0.2, 0) is 11.3 Å². The Labute approximate surface area is 200 Å². The van der Waals surface area contributed by atoms with Crippen molar-refractivity contribution in [1.82, 2.24) is 34.4 Å². The summed E-state index contributed by atoms with van der Waals surface area (Å²) in [5.41, 5.74) is 2.23. The summed E-state index contributed by atoms with van der Waals surface area (Å²) in [4.78, 5) is 38.1. The zero-order valence-electron chi connectivity index (χ0n) is 20.4. The number of anilines is 1. The van der Waals surface area contributed by atoms with Crippen molar-refractivity contribution in [3.63, 3.8) is 0 Å². The van der Waals surface area contributed by atoms with E-state index in [0.29, 0.717) is 36.0 Å². The Bertz CT molecular complexity index is 1160. The maximum atomic E-state index is 13.5. The highest BCUT2D eigenvalue weighted by Crippen LogP contribution is 2.36. The van der Waals surface area contributed by atoms with Gasteiger partial charge in [0.2, 0.25) is 5.91 Å². The van der Waals surface area contributed by atoms with Crippen LogP contribution in [0.15, 0.2) is 18.7 Å². The average Bonchev–Trinajstić information content (AvgIpc) is 3.26. The molecule has 34 heavy (non-hydrogen) atoms. The number of carbonyl (C=O) groups is 1. The Balaban J connectivity index is 1.41. The minimum absolute atomic E-state index is 0.167. The minimum Gasteiger partial charge on any atom is -0.356 e. The van der Waals surface area contributed by atoms with Crippen LogP contribution in [0.4, 0.5) is 5.82 Å². The molecule has 2 fully saturated rings. The van der Waals surface area contributed by atoms with E-state index in [1.54, 1.807) is 18.7 Å². The summed E-state index contributed by atoms with van der Waals surface area (Å²) in [5.74, 6) is 3.69. The van der Waals surface area contributed by atoms with Gasteiger partial charge in [-0.1, -0.05) is 26.2 Å². The summed E-state index contributed by atoms with van der Waals surface area (Å²) >= 11 is 0. The van der Waals surface area contributed by atoms with Gasteiger partial charge in [0.25, 0.3) is 0 Å². The van der Waals surface area contributed by atoms with Crippen molar-refractivity contribution in [3.8, 4) is 11.4 Å². The molecule has 9 nitrogen and oxygen atoms in total. The Morgan fingerprint density at radius 1 is 1.09 bits per heavy atom. The molecule has 1 aliphatic carbocycles. The first-order chi connectivity index (χ1) is 16.6. The fraction of sp³-hybridized carbons (Fsp3) is 0.600. The summed E-state index contributed by atoms with van der Waals surface area (Å²) in [6.07, 6.45) is 12.1. The van der Waals surface area contributed by atoms with E-state index in [-0.39, 0.29) is 11.9 Å². The predicted octanol–water partition coefficient (Wildman–Crippen LogP) is 3.84. The van der Waals surface area contributed by atoms with Crippen LogP contribution >= 0.6 is 0 Å². The molecular weight excluding hydrogens is 428 g/mol. The predicted molar refractivity (Wildman–Crippen MR) is 131 cm³/mol. The van der Waals surface area contributed by atoms with Gasteiger partial charge in [-0.2, -0.15) is 0 Å². The van der Waals surface area contributed by atoms with Crippen LogP contribution in [0.2, 0.25) is 0 Å². The third-order valence-electron chi connectivity index (χ3n) is 7.51. The summed E-state index contributed by atoms with van der Waals surface area (Å²) < 4.78 is 2.03. The Morgan fingerprint density at radius 3 is 2.59 bits per heavy atom. The molecule has 1 saturated carbocycles. The number of piperidine rings is 1. The summed E-state index contributed by atoms with van der Waals surface area (Å²) in [5, 5.41) is 3.42. The van der Waals surface area contributed by atoms with E-state index in [0.717, 1.165) is 42.5 Å². The van der Waals surface area contributed by atoms with Crippen molar-refractivity contribution in [2.75, 3.05) is 18.4 Å². The molecule has 3 aromatic heterocycles. The second-order valence-corrected chi connectivity index (χ2v) is 9.58. The van der Waals surface area contributed by atoms with E-state index < -0.39 is 0 Å². The van der Waals surface area contributed by atoms with Gasteiger partial charge in [0.15, 0.2) is 17.0 Å². The lowest BCUT2D eigenvalue weighted by Gasteiger charge is -2.42. The lowest BCUT2D eigenvalue weighted by Crippen LogP contribution is -2.50. The van der Waals surface area contributed by atoms with Crippen molar-refractivity contribution in [3.05, 3.63) is 24.5 Å². The van der Waals surface area contributed by atoms with Crippen molar-refractivity contribution in [1.29, 1.82) is 0 Å². The number of hydrogen-bond donors (Lipinski definition) is 1. The van der Waals surface area contributed by atoms with E-state index >= 15 is 0 Å². The molecule has 9 heteroatoms. The molecule has 2 aliphatic rings. The summed E-state index contributed by atoms with van der Waals surface area (Å²) in [6.45, 7) is 8.41. The Morgan fingerprint density at radius 2 is 1.85 bits per heavy atom. The van der Waals surface area contributed by atoms with Gasteiger partial charge in [0.1, 0.15) is 24.0 Å². The van der Waals surface area contributed by atoms with Crippen molar-refractivity contribution < 1.29 is 4.79 Å². The second kappa shape index (κ2) is 9.64. The van der Waals surface area contributed by atoms with E-state index in [1.165, 1.54) is 25.7 Å². The molecule has 1 N–H and O–H groups in total. The van der Waals surface area contributed by atoms with Crippen LogP contribution in [-0.4, -0.2) is 59.4 Å². The number of aryl methyl sites for hydroxylation is 2. The van der Waals surface area contributed by atoms with Crippen molar-refractivity contribution >= 4 is 22.9 Å². The molecule has 180 valence electrons. The highest BCUT2D eigenvalue weighted by atomic mass is 16.2. The number of nitrogens with one attached hydrogen (secondary N) is 1. The highest BCUT2D eigenvalue weighted by Gasteiger charge is 2.35. The Kier molecular flexibility index (Phi) is 6.43. The van der Waals surface area contributed by atoms with Gasteiger partial charge in [0.05, 0.1) is 5.56 Å². The quantitative estimate of drug-likeness (QED) is 0.594. The zero-order chi connectivity index (χ0) is 23.7. The third kappa shape index (κ3) is 4.23. The summed E-state index contributed by atoms with van der Waals surface area (Å²) in [7, 11) is 0. The first-order valence-electron chi connectivity index (χ1n) is 12.6. The molecule has 2 unspecified atom stereocenters. The van der Waals surface area contributed by atoms with Gasteiger partial charge in [-0.25, -0.2) is 24.9 Å². The number of nitrogens with zero attached hydrogens (tertiary/aromatic N) is 7. The molecule has 1 saturated heterocycles. The molecule has 3 atom stereocenters. The summed E-state index contributed by atoms with van der Waals surface area (Å²) in [6, 6.07) is -0.337. The maximum Gasteiger partial charge on any atom is 0.245 e. The normalized spacial score (nSPS) is 21.3. The molecular formula is C25H34N8O. The molecule has 1 amide bonds. The SMILES string of the molecule is CC[C@H](Nc1ncnc2c1nc(-c1cnc(C)nc1)n2CC)C(=O)N1CCC2CCCCC2C1. The van der Waals surface area contributed by atoms with Crippen LogP contribution in [0.5, 0.6) is 0 Å². The van der Waals surface area contributed by atoms with E-state index in [9.17, 15) is 4.79 Å². The van der Waals surface area contributed by atoms with Crippen LogP contribution in [0, 0.1) is 18.8 Å². The third-order valence-corrected chi connectivity index (χ3v) is 7.51. The fourth-order valence-corrected chi connectivity index (χ4v) is 5.60. The monoisotopic (exact) mass is 462 g/mol. The number of aromatic nitrogens is 6. The molecule has 0 aromatic carbocycles. The van der Waals surface area contributed by atoms with Crippen molar-refractivity contribution in [2.24, 2.45) is 11.8 Å². The number of carbonyl (C=O) groups excluding carboxylic acids is 1. The fourth-order valence-electron chi connectivity index (χ4n) is 5.60. The first kappa shape index (κ1) is 22.7. The largest absolute Gasteiger partial charge is 0.356 e. The standard InChI is InChI=1S/C25H34N8O/c1-4-20(25(34)32-11-10-17-8-6-7-9-18(17)14-32)30-22-21-24(29-15-28-22)33(5-2)23(31-21)19-12-26-16(3)27-13-19/h12-13,15,17-18,20H,4-11,14H2,1-3H3,(H,28,29,30)/t17?,18?,20-/m0/s1. The van der Waals surface area contributed by atoms with Gasteiger partial charge < -0.3 is 14.8 Å². The molecule has 4 heterocycles. The molecule has 3 aromatic rings. The number of rotatable bonds is 6. The lowest BCUT2D eigenvalue weighted by molar-refractivity contribution is -0.135. The van der Waals surface area contributed by atoms with E-state index in [2.05, 4.69) is 37.1 Å². The molecule has 0 bridgehead atoms. The molecule has 1 aliphatic heterocycles. The van der Waals surface area contributed by atoms with Crippen LogP contribution in [0.1, 0.15) is 58.2 Å².